The number of methoxy groups -OCH3 is 1. The van der Waals surface area contributed by atoms with Crippen LogP contribution in [0.5, 0.6) is 5.75 Å². The fraction of sp³-hybridized carbons (Fsp3) is 0.111. The van der Waals surface area contributed by atoms with Crippen LogP contribution < -0.4 is 10.1 Å². The zero-order valence-electron chi connectivity index (χ0n) is 12.6. The molecule has 116 valence electrons. The standard InChI is InChI=1S/C18H16N2O3/c1-23-17-7-5-14(18(21)22)10-16(17)20-11-12-4-6-15-13(9-12)3-2-8-19-15/h2-10,20H,11H2,1H3,(H,21,22). The van der Waals surface area contributed by atoms with Crippen LogP contribution in [0.2, 0.25) is 0 Å². The number of hydrogen-bond acceptors (Lipinski definition) is 4. The molecule has 0 saturated heterocycles. The fourth-order valence-corrected chi connectivity index (χ4v) is 2.41. The number of carbonyl (C=O) groups is 1. The maximum atomic E-state index is 11.1. The number of carboxylic acid groups (broad SMARTS) is 1. The number of rotatable bonds is 5. The third-order valence-electron chi connectivity index (χ3n) is 3.60. The normalized spacial score (nSPS) is 10.5. The Bertz CT molecular complexity index is 862. The zero-order valence-corrected chi connectivity index (χ0v) is 12.6. The Morgan fingerprint density at radius 1 is 1.22 bits per heavy atom. The number of fused-ring (bicyclic) bond motifs is 1. The van der Waals surface area contributed by atoms with Gasteiger partial charge in [-0.2, -0.15) is 0 Å². The largest absolute Gasteiger partial charge is 0.495 e. The molecule has 0 atom stereocenters. The molecule has 1 aromatic heterocycles. The number of aromatic nitrogens is 1. The number of aromatic carboxylic acids is 1. The van der Waals surface area contributed by atoms with Crippen LogP contribution in [0.25, 0.3) is 10.9 Å². The summed E-state index contributed by atoms with van der Waals surface area (Å²) < 4.78 is 5.27. The van der Waals surface area contributed by atoms with Gasteiger partial charge in [0, 0.05) is 18.1 Å². The lowest BCUT2D eigenvalue weighted by Gasteiger charge is -2.12. The van der Waals surface area contributed by atoms with E-state index in [1.165, 1.54) is 6.07 Å². The van der Waals surface area contributed by atoms with E-state index in [2.05, 4.69) is 16.4 Å². The SMILES string of the molecule is COc1ccc(C(=O)O)cc1NCc1ccc2ncccc2c1. The van der Waals surface area contributed by atoms with Gasteiger partial charge in [-0.1, -0.05) is 12.1 Å². The van der Waals surface area contributed by atoms with Gasteiger partial charge in [0.15, 0.2) is 0 Å². The van der Waals surface area contributed by atoms with Crippen molar-refractivity contribution in [1.82, 2.24) is 4.98 Å². The average Bonchev–Trinajstić information content (AvgIpc) is 2.59. The summed E-state index contributed by atoms with van der Waals surface area (Å²) in [5.41, 5.74) is 2.89. The molecule has 0 unspecified atom stereocenters. The summed E-state index contributed by atoms with van der Waals surface area (Å²) in [6.07, 6.45) is 1.77. The van der Waals surface area contributed by atoms with E-state index in [1.807, 2.05) is 24.3 Å². The van der Waals surface area contributed by atoms with Gasteiger partial charge in [0.05, 0.1) is 23.9 Å². The second-order valence-corrected chi connectivity index (χ2v) is 5.10. The van der Waals surface area contributed by atoms with Gasteiger partial charge in [0.2, 0.25) is 0 Å². The van der Waals surface area contributed by atoms with Crippen LogP contribution >= 0.6 is 0 Å². The van der Waals surface area contributed by atoms with Crippen LogP contribution in [0.4, 0.5) is 5.69 Å². The number of benzene rings is 2. The highest BCUT2D eigenvalue weighted by atomic mass is 16.5. The Kier molecular flexibility index (Phi) is 4.10. The Balaban J connectivity index is 1.83. The van der Waals surface area contributed by atoms with E-state index in [0.29, 0.717) is 18.0 Å². The second-order valence-electron chi connectivity index (χ2n) is 5.10. The molecule has 2 N–H and O–H groups in total. The smallest absolute Gasteiger partial charge is 0.335 e. The number of hydrogen-bond donors (Lipinski definition) is 2. The second kappa shape index (κ2) is 6.36. The molecular weight excluding hydrogens is 292 g/mol. The summed E-state index contributed by atoms with van der Waals surface area (Å²) in [6.45, 7) is 0.560. The van der Waals surface area contributed by atoms with Crippen molar-refractivity contribution in [2.45, 2.75) is 6.54 Å². The fourth-order valence-electron chi connectivity index (χ4n) is 2.41. The van der Waals surface area contributed by atoms with Crippen LogP contribution in [-0.4, -0.2) is 23.2 Å². The lowest BCUT2D eigenvalue weighted by molar-refractivity contribution is 0.0697. The highest BCUT2D eigenvalue weighted by molar-refractivity contribution is 5.89. The van der Waals surface area contributed by atoms with Crippen LogP contribution in [-0.2, 0) is 6.54 Å². The topological polar surface area (TPSA) is 71.5 Å². The molecule has 0 fully saturated rings. The predicted octanol–water partition coefficient (Wildman–Crippen LogP) is 3.55. The monoisotopic (exact) mass is 308 g/mol. The molecule has 5 nitrogen and oxygen atoms in total. The van der Waals surface area contributed by atoms with Crippen molar-refractivity contribution < 1.29 is 14.6 Å². The quantitative estimate of drug-likeness (QED) is 0.754. The minimum absolute atomic E-state index is 0.219. The number of nitrogens with one attached hydrogen (secondary N) is 1. The van der Waals surface area contributed by atoms with Gasteiger partial charge in [0.25, 0.3) is 0 Å². The number of carboxylic acids is 1. The van der Waals surface area contributed by atoms with Gasteiger partial charge in [-0.15, -0.1) is 0 Å². The van der Waals surface area contributed by atoms with E-state index in [9.17, 15) is 4.79 Å². The molecule has 0 aliphatic carbocycles. The molecule has 3 aromatic rings. The van der Waals surface area contributed by atoms with Gasteiger partial charge in [-0.05, 0) is 42.0 Å². The first-order valence-electron chi connectivity index (χ1n) is 7.16. The Hall–Kier alpha value is -3.08. The van der Waals surface area contributed by atoms with Crippen molar-refractivity contribution in [3.63, 3.8) is 0 Å². The molecule has 2 aromatic carbocycles. The minimum Gasteiger partial charge on any atom is -0.495 e. The number of nitrogens with zero attached hydrogens (tertiary/aromatic N) is 1. The third kappa shape index (κ3) is 3.23. The van der Waals surface area contributed by atoms with Crippen molar-refractivity contribution in [3.8, 4) is 5.75 Å². The Labute approximate surface area is 133 Å². The van der Waals surface area contributed by atoms with Crippen LogP contribution in [0.15, 0.2) is 54.7 Å². The van der Waals surface area contributed by atoms with Crippen molar-refractivity contribution in [3.05, 3.63) is 65.9 Å². The Morgan fingerprint density at radius 3 is 2.87 bits per heavy atom. The highest BCUT2D eigenvalue weighted by Crippen LogP contribution is 2.26. The molecule has 0 saturated carbocycles. The maximum Gasteiger partial charge on any atom is 0.335 e. The molecule has 0 spiro atoms. The van der Waals surface area contributed by atoms with Crippen molar-refractivity contribution in [2.24, 2.45) is 0 Å². The first kappa shape index (κ1) is 14.8. The minimum atomic E-state index is -0.965. The van der Waals surface area contributed by atoms with Gasteiger partial charge in [-0.25, -0.2) is 4.79 Å². The molecule has 1 heterocycles. The number of ether oxygens (including phenoxy) is 1. The summed E-state index contributed by atoms with van der Waals surface area (Å²) in [4.78, 5) is 15.4. The molecule has 0 bridgehead atoms. The molecule has 0 amide bonds. The third-order valence-corrected chi connectivity index (χ3v) is 3.60. The Morgan fingerprint density at radius 2 is 2.09 bits per heavy atom. The van der Waals surface area contributed by atoms with Crippen molar-refractivity contribution in [2.75, 3.05) is 12.4 Å². The van der Waals surface area contributed by atoms with E-state index in [4.69, 9.17) is 9.84 Å². The average molecular weight is 308 g/mol. The van der Waals surface area contributed by atoms with E-state index in [0.717, 1.165) is 16.5 Å². The van der Waals surface area contributed by atoms with Gasteiger partial charge in [-0.3, -0.25) is 4.98 Å². The molecule has 0 radical (unpaired) electrons. The van der Waals surface area contributed by atoms with Crippen LogP contribution in [0, 0.1) is 0 Å². The van der Waals surface area contributed by atoms with E-state index >= 15 is 0 Å². The number of pyridine rings is 1. The first-order chi connectivity index (χ1) is 11.2. The lowest BCUT2D eigenvalue weighted by Crippen LogP contribution is -2.04. The molecule has 23 heavy (non-hydrogen) atoms. The summed E-state index contributed by atoms with van der Waals surface area (Å²) in [5, 5.41) is 13.4. The van der Waals surface area contributed by atoms with Gasteiger partial charge < -0.3 is 15.2 Å². The molecule has 5 heteroatoms. The summed E-state index contributed by atoms with van der Waals surface area (Å²) in [6, 6.07) is 14.7. The predicted molar refractivity (Wildman–Crippen MR) is 89.0 cm³/mol. The lowest BCUT2D eigenvalue weighted by atomic mass is 10.1. The molecule has 3 rings (SSSR count). The van der Waals surface area contributed by atoms with E-state index < -0.39 is 5.97 Å². The molecule has 0 aliphatic heterocycles. The van der Waals surface area contributed by atoms with Gasteiger partial charge >= 0.3 is 5.97 Å². The first-order valence-corrected chi connectivity index (χ1v) is 7.16. The van der Waals surface area contributed by atoms with Crippen LogP contribution in [0.1, 0.15) is 15.9 Å². The summed E-state index contributed by atoms with van der Waals surface area (Å²) >= 11 is 0. The zero-order chi connectivity index (χ0) is 16.2. The van der Waals surface area contributed by atoms with E-state index in [1.54, 1.807) is 25.4 Å². The van der Waals surface area contributed by atoms with Crippen LogP contribution in [0.3, 0.4) is 0 Å². The molecule has 0 aliphatic rings. The van der Waals surface area contributed by atoms with E-state index in [-0.39, 0.29) is 5.56 Å². The van der Waals surface area contributed by atoms with Crippen molar-refractivity contribution in [1.29, 1.82) is 0 Å². The number of anilines is 1. The maximum absolute atomic E-state index is 11.1. The van der Waals surface area contributed by atoms with Crippen molar-refractivity contribution >= 4 is 22.6 Å². The summed E-state index contributed by atoms with van der Waals surface area (Å²) in [5.74, 6) is -0.357. The molecular formula is C18H16N2O3. The highest BCUT2D eigenvalue weighted by Gasteiger charge is 2.09. The summed E-state index contributed by atoms with van der Waals surface area (Å²) in [7, 11) is 1.56. The van der Waals surface area contributed by atoms with Gasteiger partial charge in [0.1, 0.15) is 5.75 Å².